The van der Waals surface area contributed by atoms with Gasteiger partial charge in [-0.2, -0.15) is 0 Å². The molecule has 0 aromatic carbocycles. The fraction of sp³-hybridized carbons (Fsp3) is 0.667. The zero-order valence-electron chi connectivity index (χ0n) is 15.1. The van der Waals surface area contributed by atoms with Gasteiger partial charge in [0.2, 0.25) is 11.9 Å². The lowest BCUT2D eigenvalue weighted by Crippen LogP contribution is -2.50. The van der Waals surface area contributed by atoms with Gasteiger partial charge in [0.25, 0.3) is 5.91 Å². The number of amides is 2. The molecule has 3 heterocycles. The highest BCUT2D eigenvalue weighted by molar-refractivity contribution is 5.92. The molecule has 2 aliphatic heterocycles. The Morgan fingerprint density at radius 3 is 2.52 bits per heavy atom. The topological polar surface area (TPSA) is 69.6 Å². The molecule has 7 nitrogen and oxygen atoms in total. The van der Waals surface area contributed by atoms with Crippen LogP contribution in [0.1, 0.15) is 50.0 Å². The molecule has 3 rings (SSSR count). The van der Waals surface area contributed by atoms with Crippen LogP contribution in [0.15, 0.2) is 12.3 Å². The smallest absolute Gasteiger partial charge is 0.272 e. The molecule has 1 unspecified atom stereocenters. The Hall–Kier alpha value is -2.18. The first-order chi connectivity index (χ1) is 12.1. The maximum absolute atomic E-state index is 12.8. The number of rotatable bonds is 3. The van der Waals surface area contributed by atoms with Gasteiger partial charge >= 0.3 is 0 Å². The molecule has 2 amide bonds. The molecular weight excluding hydrogens is 318 g/mol. The average Bonchev–Trinajstić information content (AvgIpc) is 2.67. The number of carbonyl (C=O) groups is 2. The first kappa shape index (κ1) is 17.6. The molecule has 2 aliphatic rings. The molecule has 2 fully saturated rings. The van der Waals surface area contributed by atoms with Crippen molar-refractivity contribution in [3.63, 3.8) is 0 Å². The van der Waals surface area contributed by atoms with Crippen LogP contribution in [-0.4, -0.2) is 70.3 Å². The minimum absolute atomic E-state index is 0.0622. The van der Waals surface area contributed by atoms with Gasteiger partial charge in [0.1, 0.15) is 5.69 Å². The minimum Gasteiger partial charge on any atom is -0.339 e. The molecule has 7 heteroatoms. The number of hydrogen-bond donors (Lipinski definition) is 0. The average molecular weight is 345 g/mol. The van der Waals surface area contributed by atoms with Crippen LogP contribution in [0.2, 0.25) is 0 Å². The van der Waals surface area contributed by atoms with Crippen molar-refractivity contribution in [1.29, 1.82) is 0 Å². The molecule has 1 aromatic heterocycles. The van der Waals surface area contributed by atoms with E-state index in [0.717, 1.165) is 25.8 Å². The third-order valence-corrected chi connectivity index (χ3v) is 5.23. The Labute approximate surface area is 149 Å². The van der Waals surface area contributed by atoms with Crippen molar-refractivity contribution in [2.45, 2.75) is 45.6 Å². The number of carbonyl (C=O) groups excluding carboxylic acids is 2. The van der Waals surface area contributed by atoms with Crippen LogP contribution in [0.25, 0.3) is 0 Å². The second kappa shape index (κ2) is 7.80. The van der Waals surface area contributed by atoms with Crippen LogP contribution in [0.5, 0.6) is 0 Å². The van der Waals surface area contributed by atoms with E-state index in [-0.39, 0.29) is 11.8 Å². The number of anilines is 1. The van der Waals surface area contributed by atoms with E-state index in [0.29, 0.717) is 43.9 Å². The Bertz CT molecular complexity index is 628. The van der Waals surface area contributed by atoms with Crippen LogP contribution < -0.4 is 4.90 Å². The summed E-state index contributed by atoms with van der Waals surface area (Å²) in [7, 11) is 0. The van der Waals surface area contributed by atoms with Crippen LogP contribution >= 0.6 is 0 Å². The predicted molar refractivity (Wildman–Crippen MR) is 95.5 cm³/mol. The quantitative estimate of drug-likeness (QED) is 0.831. The number of piperidine rings is 1. The first-order valence-electron chi connectivity index (χ1n) is 9.24. The summed E-state index contributed by atoms with van der Waals surface area (Å²) in [6.07, 6.45) is 6.29. The fourth-order valence-corrected chi connectivity index (χ4v) is 3.68. The second-order valence-corrected chi connectivity index (χ2v) is 6.79. The van der Waals surface area contributed by atoms with Gasteiger partial charge in [-0.05, 0) is 31.7 Å². The van der Waals surface area contributed by atoms with Crippen LogP contribution in [0, 0.1) is 0 Å². The number of hydrogen-bond acceptors (Lipinski definition) is 5. The molecule has 1 atom stereocenters. The molecule has 0 N–H and O–H groups in total. The maximum Gasteiger partial charge on any atom is 0.272 e. The SMILES string of the molecule is CCC1CCCCN1c1nccc(C(=O)N2CCN(C(C)=O)CC2)n1. The Morgan fingerprint density at radius 1 is 1.12 bits per heavy atom. The van der Waals surface area contributed by atoms with Gasteiger partial charge in [-0.15, -0.1) is 0 Å². The van der Waals surface area contributed by atoms with Crippen molar-refractivity contribution < 1.29 is 9.59 Å². The number of aromatic nitrogens is 2. The Morgan fingerprint density at radius 2 is 1.84 bits per heavy atom. The van der Waals surface area contributed by atoms with Gasteiger partial charge in [-0.1, -0.05) is 6.92 Å². The Kier molecular flexibility index (Phi) is 5.50. The van der Waals surface area contributed by atoms with Crippen molar-refractivity contribution in [3.8, 4) is 0 Å². The zero-order chi connectivity index (χ0) is 17.8. The standard InChI is InChI=1S/C18H27N5O2/c1-3-15-6-4-5-9-23(15)18-19-8-7-16(20-18)17(25)22-12-10-21(11-13-22)14(2)24/h7-8,15H,3-6,9-13H2,1-2H3. The van der Waals surface area contributed by atoms with Crippen molar-refractivity contribution in [2.75, 3.05) is 37.6 Å². The van der Waals surface area contributed by atoms with Crippen molar-refractivity contribution in [1.82, 2.24) is 19.8 Å². The van der Waals surface area contributed by atoms with Crippen molar-refractivity contribution in [2.24, 2.45) is 0 Å². The van der Waals surface area contributed by atoms with Crippen LogP contribution in [-0.2, 0) is 4.79 Å². The van der Waals surface area contributed by atoms with E-state index < -0.39 is 0 Å². The van der Waals surface area contributed by atoms with E-state index in [9.17, 15) is 9.59 Å². The van der Waals surface area contributed by atoms with Crippen LogP contribution in [0.3, 0.4) is 0 Å². The molecule has 0 spiro atoms. The highest BCUT2D eigenvalue weighted by Gasteiger charge is 2.26. The minimum atomic E-state index is -0.0723. The third-order valence-electron chi connectivity index (χ3n) is 5.23. The van der Waals surface area contributed by atoms with Gasteiger partial charge in [0.15, 0.2) is 0 Å². The summed E-state index contributed by atoms with van der Waals surface area (Å²) in [5, 5.41) is 0. The summed E-state index contributed by atoms with van der Waals surface area (Å²) in [6.45, 7) is 6.99. The second-order valence-electron chi connectivity index (χ2n) is 6.79. The summed E-state index contributed by atoms with van der Waals surface area (Å²) >= 11 is 0. The fourth-order valence-electron chi connectivity index (χ4n) is 3.68. The first-order valence-corrected chi connectivity index (χ1v) is 9.24. The van der Waals surface area contributed by atoms with Gasteiger partial charge < -0.3 is 14.7 Å². The van der Waals surface area contributed by atoms with Gasteiger partial charge in [0, 0.05) is 51.9 Å². The van der Waals surface area contributed by atoms with E-state index in [4.69, 9.17) is 0 Å². The molecule has 136 valence electrons. The molecule has 0 aliphatic carbocycles. The monoisotopic (exact) mass is 345 g/mol. The van der Waals surface area contributed by atoms with Gasteiger partial charge in [-0.3, -0.25) is 9.59 Å². The summed E-state index contributed by atoms with van der Waals surface area (Å²) in [5.41, 5.74) is 0.446. The van der Waals surface area contributed by atoms with Crippen molar-refractivity contribution in [3.05, 3.63) is 18.0 Å². The van der Waals surface area contributed by atoms with Gasteiger partial charge in [0.05, 0.1) is 0 Å². The Balaban J connectivity index is 1.71. The predicted octanol–water partition coefficient (Wildman–Crippen LogP) is 1.55. The number of nitrogens with zero attached hydrogens (tertiary/aromatic N) is 5. The van der Waals surface area contributed by atoms with E-state index in [1.807, 2.05) is 0 Å². The van der Waals surface area contributed by atoms with Crippen molar-refractivity contribution >= 4 is 17.8 Å². The molecule has 25 heavy (non-hydrogen) atoms. The van der Waals surface area contributed by atoms with E-state index in [1.54, 1.807) is 29.0 Å². The van der Waals surface area contributed by atoms with E-state index in [1.165, 1.54) is 6.42 Å². The lowest BCUT2D eigenvalue weighted by molar-refractivity contribution is -0.130. The van der Waals surface area contributed by atoms with E-state index in [2.05, 4.69) is 21.8 Å². The highest BCUT2D eigenvalue weighted by atomic mass is 16.2. The molecule has 0 saturated carbocycles. The molecule has 2 saturated heterocycles. The molecule has 1 aromatic rings. The largest absolute Gasteiger partial charge is 0.339 e. The molecule has 0 radical (unpaired) electrons. The van der Waals surface area contributed by atoms with E-state index >= 15 is 0 Å². The lowest BCUT2D eigenvalue weighted by atomic mass is 10.0. The summed E-state index contributed by atoms with van der Waals surface area (Å²) < 4.78 is 0. The molecular formula is C18H27N5O2. The summed E-state index contributed by atoms with van der Waals surface area (Å²) in [5.74, 6) is 0.656. The normalized spacial score (nSPS) is 21.4. The molecule has 0 bridgehead atoms. The van der Waals surface area contributed by atoms with Gasteiger partial charge in [-0.25, -0.2) is 9.97 Å². The van der Waals surface area contributed by atoms with Crippen LogP contribution in [0.4, 0.5) is 5.95 Å². The summed E-state index contributed by atoms with van der Waals surface area (Å²) in [4.78, 5) is 39.0. The number of piperazine rings is 1. The summed E-state index contributed by atoms with van der Waals surface area (Å²) in [6, 6.07) is 2.15. The lowest BCUT2D eigenvalue weighted by Gasteiger charge is -2.36. The maximum atomic E-state index is 12.8. The highest BCUT2D eigenvalue weighted by Crippen LogP contribution is 2.23. The third kappa shape index (κ3) is 3.91. The zero-order valence-corrected chi connectivity index (χ0v) is 15.1.